The lowest BCUT2D eigenvalue weighted by molar-refractivity contribution is -0.0397. The molecule has 0 aliphatic heterocycles. The zero-order valence-electron chi connectivity index (χ0n) is 16.2. The Labute approximate surface area is 169 Å². The van der Waals surface area contributed by atoms with Gasteiger partial charge in [0.05, 0.1) is 6.10 Å². The van der Waals surface area contributed by atoms with E-state index in [1.54, 1.807) is 0 Å². The molecule has 152 valence electrons. The van der Waals surface area contributed by atoms with Crippen LogP contribution in [-0.2, 0) is 19.2 Å². The molecule has 1 fully saturated rings. The normalized spacial score (nSPS) is 22.8. The molecule has 3 unspecified atom stereocenters. The van der Waals surface area contributed by atoms with Crippen LogP contribution in [0.2, 0.25) is 0 Å². The monoisotopic (exact) mass is 422 g/mol. The van der Waals surface area contributed by atoms with Crippen molar-refractivity contribution in [2.24, 2.45) is 11.3 Å². The van der Waals surface area contributed by atoms with Gasteiger partial charge in [-0.2, -0.15) is 0 Å². The molecular weight excluding hydrogens is 394 g/mol. The largest absolute Gasteiger partial charge is 0.469 e. The molecule has 0 aromatic heterocycles. The minimum absolute atomic E-state index is 0.0323. The van der Waals surface area contributed by atoms with Gasteiger partial charge in [-0.25, -0.2) is 4.57 Å². The Balaban J connectivity index is 2.10. The minimum Gasteiger partial charge on any atom is -0.350 e. The van der Waals surface area contributed by atoms with E-state index in [1.807, 2.05) is 60.7 Å². The van der Waals surface area contributed by atoms with Crippen molar-refractivity contribution in [1.82, 2.24) is 0 Å². The molecule has 0 amide bonds. The standard InChI is InChI=1S/C21H28O5P2/c1-20(2)14-18(13-19(15-20)25-28(22,23)24)21(26-27,16-9-5-3-6-10-16)17-11-7-4-8-12-17/h3-12,18-19H,13-15,27H2,1-2H3,(H2,22,23,24). The third kappa shape index (κ3) is 4.74. The molecule has 28 heavy (non-hydrogen) atoms. The zero-order chi connectivity index (χ0) is 20.4. The van der Waals surface area contributed by atoms with Crippen LogP contribution >= 0.6 is 17.3 Å². The first-order valence-corrected chi connectivity index (χ1v) is 11.4. The predicted molar refractivity (Wildman–Crippen MR) is 112 cm³/mol. The van der Waals surface area contributed by atoms with Crippen molar-refractivity contribution >= 4 is 17.3 Å². The quantitative estimate of drug-likeness (QED) is 0.638. The molecule has 1 aliphatic rings. The van der Waals surface area contributed by atoms with Gasteiger partial charge in [0.2, 0.25) is 0 Å². The SMILES string of the molecule is CC1(C)CC(OP(=O)(O)O)CC(C(OP)(c2ccccc2)c2ccccc2)C1. The van der Waals surface area contributed by atoms with E-state index in [1.165, 1.54) is 0 Å². The van der Waals surface area contributed by atoms with Gasteiger partial charge in [0.1, 0.15) is 5.60 Å². The second-order valence-electron chi connectivity index (χ2n) is 8.31. The van der Waals surface area contributed by atoms with Crippen LogP contribution in [0.4, 0.5) is 0 Å². The molecule has 0 spiro atoms. The van der Waals surface area contributed by atoms with Crippen LogP contribution in [0.15, 0.2) is 60.7 Å². The third-order valence-electron chi connectivity index (χ3n) is 5.58. The molecule has 0 bridgehead atoms. The lowest BCUT2D eigenvalue weighted by Gasteiger charge is -2.48. The summed E-state index contributed by atoms with van der Waals surface area (Å²) in [6.07, 6.45) is 1.38. The Bertz CT molecular complexity index is 780. The van der Waals surface area contributed by atoms with Crippen molar-refractivity contribution in [1.29, 1.82) is 0 Å². The average Bonchev–Trinajstić information content (AvgIpc) is 2.62. The van der Waals surface area contributed by atoms with Crippen LogP contribution in [0.3, 0.4) is 0 Å². The summed E-state index contributed by atoms with van der Waals surface area (Å²) in [5.41, 5.74) is 1.10. The van der Waals surface area contributed by atoms with Crippen molar-refractivity contribution in [2.75, 3.05) is 0 Å². The molecule has 1 aliphatic carbocycles. The summed E-state index contributed by atoms with van der Waals surface area (Å²) in [6, 6.07) is 20.0. The number of rotatable bonds is 6. The van der Waals surface area contributed by atoms with E-state index in [0.29, 0.717) is 12.8 Å². The lowest BCUT2D eigenvalue weighted by atomic mass is 9.62. The molecule has 2 aromatic rings. The summed E-state index contributed by atoms with van der Waals surface area (Å²) < 4.78 is 22.9. The number of phosphoric ester groups is 1. The Morgan fingerprint density at radius 1 is 1.00 bits per heavy atom. The van der Waals surface area contributed by atoms with E-state index in [0.717, 1.165) is 17.5 Å². The second-order valence-corrected chi connectivity index (χ2v) is 9.74. The van der Waals surface area contributed by atoms with Gasteiger partial charge in [0, 0.05) is 9.47 Å². The topological polar surface area (TPSA) is 76.0 Å². The molecule has 7 heteroatoms. The van der Waals surface area contributed by atoms with Crippen molar-refractivity contribution in [2.45, 2.75) is 44.8 Å². The molecule has 0 heterocycles. The van der Waals surface area contributed by atoms with Crippen LogP contribution in [0, 0.1) is 11.3 Å². The highest BCUT2D eigenvalue weighted by Gasteiger charge is 2.49. The maximum absolute atomic E-state index is 11.5. The van der Waals surface area contributed by atoms with Gasteiger partial charge < -0.3 is 14.3 Å². The fourth-order valence-corrected chi connectivity index (χ4v) is 5.69. The third-order valence-corrected chi connectivity index (χ3v) is 6.52. The van der Waals surface area contributed by atoms with Gasteiger partial charge >= 0.3 is 7.82 Å². The fourth-order valence-electron chi connectivity index (χ4n) is 4.68. The highest BCUT2D eigenvalue weighted by atomic mass is 31.2. The summed E-state index contributed by atoms with van der Waals surface area (Å²) >= 11 is 0. The van der Waals surface area contributed by atoms with Crippen LogP contribution < -0.4 is 0 Å². The molecule has 2 aromatic carbocycles. The van der Waals surface area contributed by atoms with Crippen molar-refractivity contribution in [3.63, 3.8) is 0 Å². The molecule has 3 rings (SSSR count). The molecular formula is C21H28O5P2. The van der Waals surface area contributed by atoms with Crippen LogP contribution in [0.1, 0.15) is 44.2 Å². The smallest absolute Gasteiger partial charge is 0.350 e. The van der Waals surface area contributed by atoms with E-state index in [9.17, 15) is 14.4 Å². The zero-order valence-corrected chi connectivity index (χ0v) is 18.2. The molecule has 0 saturated heterocycles. The minimum atomic E-state index is -4.57. The molecule has 5 nitrogen and oxygen atoms in total. The van der Waals surface area contributed by atoms with E-state index < -0.39 is 19.5 Å². The average molecular weight is 422 g/mol. The Hall–Kier alpha value is -1.06. The maximum Gasteiger partial charge on any atom is 0.469 e. The summed E-state index contributed by atoms with van der Waals surface area (Å²) in [6.45, 7) is 4.22. The number of benzene rings is 2. The van der Waals surface area contributed by atoms with E-state index >= 15 is 0 Å². The predicted octanol–water partition coefficient (Wildman–Crippen LogP) is 5.04. The van der Waals surface area contributed by atoms with Crippen LogP contribution in [0.5, 0.6) is 0 Å². The Morgan fingerprint density at radius 2 is 1.50 bits per heavy atom. The number of hydrogen-bond donors (Lipinski definition) is 2. The maximum atomic E-state index is 11.5. The first-order chi connectivity index (χ1) is 13.2. The summed E-state index contributed by atoms with van der Waals surface area (Å²) in [7, 11) is -2.15. The van der Waals surface area contributed by atoms with Gasteiger partial charge in [-0.1, -0.05) is 74.5 Å². The number of phosphoric acid groups is 1. The molecule has 2 N–H and O–H groups in total. The second kappa shape index (κ2) is 8.36. The van der Waals surface area contributed by atoms with Gasteiger partial charge in [-0.3, -0.25) is 4.52 Å². The van der Waals surface area contributed by atoms with Crippen LogP contribution in [0.25, 0.3) is 0 Å². The first-order valence-electron chi connectivity index (χ1n) is 9.39. The molecule has 0 radical (unpaired) electrons. The molecule has 1 saturated carbocycles. The molecule has 3 atom stereocenters. The van der Waals surface area contributed by atoms with Crippen LogP contribution in [-0.4, -0.2) is 15.9 Å². The van der Waals surface area contributed by atoms with Gasteiger partial charge in [-0.05, 0) is 41.7 Å². The first kappa shape index (κ1) is 21.6. The van der Waals surface area contributed by atoms with Crippen molar-refractivity contribution in [3.05, 3.63) is 71.8 Å². The lowest BCUT2D eigenvalue weighted by Crippen LogP contribution is -2.45. The summed E-state index contributed by atoms with van der Waals surface area (Å²) in [5, 5.41) is 0. The van der Waals surface area contributed by atoms with Gasteiger partial charge in [0.15, 0.2) is 0 Å². The summed E-state index contributed by atoms with van der Waals surface area (Å²) in [5.74, 6) is -0.0323. The number of hydrogen-bond acceptors (Lipinski definition) is 3. The highest BCUT2D eigenvalue weighted by molar-refractivity contribution is 7.46. The van der Waals surface area contributed by atoms with Gasteiger partial charge in [-0.15, -0.1) is 0 Å². The van der Waals surface area contributed by atoms with E-state index in [-0.39, 0.29) is 11.3 Å². The van der Waals surface area contributed by atoms with Gasteiger partial charge in [0.25, 0.3) is 0 Å². The fraction of sp³-hybridized carbons (Fsp3) is 0.429. The highest BCUT2D eigenvalue weighted by Crippen LogP contribution is 2.54. The van der Waals surface area contributed by atoms with E-state index in [4.69, 9.17) is 9.05 Å². The van der Waals surface area contributed by atoms with Crippen molar-refractivity contribution in [3.8, 4) is 0 Å². The van der Waals surface area contributed by atoms with E-state index in [2.05, 4.69) is 23.3 Å². The Morgan fingerprint density at radius 3 is 1.93 bits per heavy atom. The summed E-state index contributed by atoms with van der Waals surface area (Å²) in [4.78, 5) is 18.7. The van der Waals surface area contributed by atoms with Crippen molar-refractivity contribution < 1.29 is 23.4 Å². The Kier molecular flexibility index (Phi) is 6.46.